The van der Waals surface area contributed by atoms with Crippen LogP contribution < -0.4 is 0 Å². The van der Waals surface area contributed by atoms with Gasteiger partial charge in [-0.3, -0.25) is 9.36 Å². The van der Waals surface area contributed by atoms with Gasteiger partial charge in [-0.1, -0.05) is 81.5 Å². The molecule has 0 fully saturated rings. The Hall–Kier alpha value is -2.17. The van der Waals surface area contributed by atoms with Gasteiger partial charge in [0.25, 0.3) is 0 Å². The number of nitrogens with zero attached hydrogens (tertiary/aromatic N) is 1. The molecule has 0 aliphatic rings. The molecule has 0 aliphatic carbocycles. The second-order valence-electron chi connectivity index (χ2n) is 8.22. The molecule has 170 valence electrons. The van der Waals surface area contributed by atoms with Crippen molar-refractivity contribution in [3.8, 4) is 0 Å². The first kappa shape index (κ1) is 25.1. The van der Waals surface area contributed by atoms with Crippen LogP contribution in [-0.2, 0) is 0 Å². The Morgan fingerprint density at radius 1 is 0.903 bits per heavy atom. The predicted octanol–water partition coefficient (Wildman–Crippen LogP) is 7.08. The van der Waals surface area contributed by atoms with Gasteiger partial charge >= 0.3 is 0 Å². The molecule has 0 spiro atoms. The van der Waals surface area contributed by atoms with Gasteiger partial charge in [0.1, 0.15) is 0 Å². The average Bonchev–Trinajstić information content (AvgIpc) is 3.16. The quantitative estimate of drug-likeness (QED) is 0.182. The number of hydrogen-bond donors (Lipinski definition) is 2. The van der Waals surface area contributed by atoms with Gasteiger partial charge < -0.3 is 10.2 Å². The third kappa shape index (κ3) is 8.84. The summed E-state index contributed by atoms with van der Waals surface area (Å²) in [6, 6.07) is 7.35. The molecule has 0 saturated carbocycles. The van der Waals surface area contributed by atoms with Crippen molar-refractivity contribution in [2.24, 2.45) is 0 Å². The minimum atomic E-state index is -1.57. The van der Waals surface area contributed by atoms with E-state index in [0.29, 0.717) is 17.4 Å². The highest BCUT2D eigenvalue weighted by Gasteiger charge is 2.16. The molecule has 4 nitrogen and oxygen atoms in total. The maximum absolute atomic E-state index is 12.6. The van der Waals surface area contributed by atoms with E-state index in [0.717, 1.165) is 37.6 Å². The summed E-state index contributed by atoms with van der Waals surface area (Å²) in [6.45, 7) is 2.23. The molecule has 0 bridgehead atoms. The molecule has 0 saturated heterocycles. The summed E-state index contributed by atoms with van der Waals surface area (Å²) in [5.74, 6) is 0.00813. The number of aliphatic hydroxyl groups excluding tert-OH is 1. The molecular weight excluding hydrogens is 386 g/mol. The number of aromatic nitrogens is 1. The highest BCUT2D eigenvalue weighted by molar-refractivity contribution is 5.94. The number of hydrogen-bond acceptors (Lipinski definition) is 3. The van der Waals surface area contributed by atoms with E-state index in [4.69, 9.17) is 0 Å². The summed E-state index contributed by atoms with van der Waals surface area (Å²) < 4.78 is 1.56. The summed E-state index contributed by atoms with van der Waals surface area (Å²) >= 11 is 0. The van der Waals surface area contributed by atoms with Gasteiger partial charge in [-0.2, -0.15) is 0 Å². The summed E-state index contributed by atoms with van der Waals surface area (Å²) in [7, 11) is 0. The molecule has 1 aromatic heterocycles. The number of para-hydroxylation sites is 1. The third-order valence-corrected chi connectivity index (χ3v) is 5.63. The molecule has 2 rings (SSSR count). The Morgan fingerprint density at radius 2 is 1.55 bits per heavy atom. The van der Waals surface area contributed by atoms with Gasteiger partial charge in [0.05, 0.1) is 5.52 Å². The molecule has 31 heavy (non-hydrogen) atoms. The fraction of sp³-hybridized carbons (Fsp3) is 0.519. The van der Waals surface area contributed by atoms with E-state index in [2.05, 4.69) is 31.2 Å². The predicted molar refractivity (Wildman–Crippen MR) is 129 cm³/mol. The van der Waals surface area contributed by atoms with Crippen LogP contribution in [0.2, 0.25) is 0 Å². The summed E-state index contributed by atoms with van der Waals surface area (Å²) in [5.41, 5.74) is 1.11. The number of unbranched alkanes of at least 4 members (excludes halogenated alkanes) is 8. The lowest BCUT2D eigenvalue weighted by Gasteiger charge is -2.04. The fourth-order valence-electron chi connectivity index (χ4n) is 3.83. The van der Waals surface area contributed by atoms with Gasteiger partial charge in [-0.25, -0.2) is 0 Å². The Bertz CT molecular complexity index is 832. The van der Waals surface area contributed by atoms with Crippen LogP contribution >= 0.6 is 0 Å². The normalized spacial score (nSPS) is 12.1. The van der Waals surface area contributed by atoms with Crippen molar-refractivity contribution in [2.75, 3.05) is 0 Å². The van der Waals surface area contributed by atoms with Crippen LogP contribution in [0.15, 0.2) is 54.8 Å². The Morgan fingerprint density at radius 3 is 2.26 bits per heavy atom. The minimum Gasteiger partial charge on any atom is -0.364 e. The van der Waals surface area contributed by atoms with Crippen molar-refractivity contribution >= 4 is 16.8 Å². The molecule has 0 aliphatic heterocycles. The third-order valence-electron chi connectivity index (χ3n) is 5.63. The maximum Gasteiger partial charge on any atom is 0.231 e. The summed E-state index contributed by atoms with van der Waals surface area (Å²) in [4.78, 5) is 12.6. The zero-order chi connectivity index (χ0) is 22.3. The van der Waals surface area contributed by atoms with E-state index in [1.807, 2.05) is 24.3 Å². The van der Waals surface area contributed by atoms with Crippen LogP contribution in [0.1, 0.15) is 101 Å². The van der Waals surface area contributed by atoms with Gasteiger partial charge in [-0.15, -0.1) is 0 Å². The second-order valence-corrected chi connectivity index (χ2v) is 8.22. The molecule has 0 atom stereocenters. The van der Waals surface area contributed by atoms with Crippen LogP contribution in [0.5, 0.6) is 0 Å². The average molecular weight is 426 g/mol. The molecule has 0 unspecified atom stereocenters. The molecule has 0 amide bonds. The van der Waals surface area contributed by atoms with Crippen LogP contribution in [0, 0.1) is 0 Å². The minimum absolute atomic E-state index is 0.00813. The van der Waals surface area contributed by atoms with Crippen molar-refractivity contribution in [3.63, 3.8) is 0 Å². The largest absolute Gasteiger partial charge is 0.364 e. The Labute approximate surface area is 187 Å². The zero-order valence-corrected chi connectivity index (χ0v) is 19.0. The Balaban J connectivity index is 1.58. The first-order chi connectivity index (χ1) is 15.1. The second kappa shape index (κ2) is 14.8. The van der Waals surface area contributed by atoms with Crippen molar-refractivity contribution in [1.82, 2.24) is 4.57 Å². The van der Waals surface area contributed by atoms with Crippen LogP contribution in [0.4, 0.5) is 0 Å². The van der Waals surface area contributed by atoms with Crippen molar-refractivity contribution < 1.29 is 15.0 Å². The Kier molecular flexibility index (Phi) is 12.0. The topological polar surface area (TPSA) is 62.5 Å². The number of benzene rings is 1. The highest BCUT2D eigenvalue weighted by atomic mass is 16.5. The molecule has 1 aromatic carbocycles. The first-order valence-corrected chi connectivity index (χ1v) is 11.9. The van der Waals surface area contributed by atoms with Gasteiger partial charge in [-0.05, 0) is 44.6 Å². The SMILES string of the molecule is CCCCC/C=C\C/C=C\CCCCCCCC(=O)n1cc(C(O)O)c2ccccc21. The lowest BCUT2D eigenvalue weighted by atomic mass is 10.1. The highest BCUT2D eigenvalue weighted by Crippen LogP contribution is 2.26. The number of carbonyl (C=O) groups is 1. The molecule has 0 radical (unpaired) electrons. The smallest absolute Gasteiger partial charge is 0.231 e. The van der Waals surface area contributed by atoms with Gasteiger partial charge in [0, 0.05) is 23.6 Å². The van der Waals surface area contributed by atoms with E-state index in [1.54, 1.807) is 10.8 Å². The standard InChI is InChI=1S/C27H39NO3/c1-2-3-4-5-6-7-8-9-10-11-12-13-14-15-16-21-26(29)28-22-24(27(30)31)23-19-17-18-20-25(23)28/h6-7,9-10,17-20,22,27,30-31H,2-5,8,11-16,21H2,1H3/b7-6-,10-9-. The van der Waals surface area contributed by atoms with E-state index < -0.39 is 6.29 Å². The lowest BCUT2D eigenvalue weighted by Crippen LogP contribution is -2.09. The summed E-state index contributed by atoms with van der Waals surface area (Å²) in [5, 5.41) is 19.8. The zero-order valence-electron chi connectivity index (χ0n) is 19.0. The fourth-order valence-corrected chi connectivity index (χ4v) is 3.83. The van der Waals surface area contributed by atoms with Crippen molar-refractivity contribution in [1.29, 1.82) is 0 Å². The number of rotatable bonds is 15. The number of aliphatic hydroxyl groups is 2. The molecule has 2 aromatic rings. The van der Waals surface area contributed by atoms with Crippen LogP contribution in [0.3, 0.4) is 0 Å². The van der Waals surface area contributed by atoms with Crippen LogP contribution in [-0.4, -0.2) is 20.7 Å². The van der Waals surface area contributed by atoms with Crippen molar-refractivity contribution in [3.05, 3.63) is 60.3 Å². The molecule has 4 heteroatoms. The van der Waals surface area contributed by atoms with E-state index in [9.17, 15) is 15.0 Å². The van der Waals surface area contributed by atoms with E-state index in [-0.39, 0.29) is 5.91 Å². The van der Waals surface area contributed by atoms with Gasteiger partial charge in [0.2, 0.25) is 5.91 Å². The monoisotopic (exact) mass is 425 g/mol. The van der Waals surface area contributed by atoms with Gasteiger partial charge in [0.15, 0.2) is 6.29 Å². The number of fused-ring (bicyclic) bond motifs is 1. The maximum atomic E-state index is 12.6. The molecule has 2 N–H and O–H groups in total. The molecular formula is C27H39NO3. The summed E-state index contributed by atoms with van der Waals surface area (Å²) in [6.07, 6.45) is 22.3. The van der Waals surface area contributed by atoms with Crippen molar-refractivity contribution in [2.45, 2.75) is 90.3 Å². The van der Waals surface area contributed by atoms with E-state index in [1.165, 1.54) is 38.5 Å². The number of allylic oxidation sites excluding steroid dienone is 4. The van der Waals surface area contributed by atoms with E-state index >= 15 is 0 Å². The van der Waals surface area contributed by atoms with Crippen LogP contribution in [0.25, 0.3) is 10.9 Å². The number of carbonyl (C=O) groups excluding carboxylic acids is 1. The molecule has 1 heterocycles. The lowest BCUT2D eigenvalue weighted by molar-refractivity contribution is -0.0413. The first-order valence-electron chi connectivity index (χ1n) is 11.9.